The number of carbonyl (C=O) groups is 1. The number of halogens is 1. The first-order chi connectivity index (χ1) is 12.0. The van der Waals surface area contributed by atoms with E-state index in [1.54, 1.807) is 18.5 Å². The SMILES string of the molecule is CC(=O)/C(C#N)=C(\c1cc(Cl)ncc1C)N1CCC(n2cccn2)C1. The number of nitrogens with zero attached hydrogens (tertiary/aromatic N) is 5. The van der Waals surface area contributed by atoms with Gasteiger partial charge >= 0.3 is 0 Å². The highest BCUT2D eigenvalue weighted by Gasteiger charge is 2.30. The molecular weight excluding hydrogens is 338 g/mol. The van der Waals surface area contributed by atoms with E-state index in [4.69, 9.17) is 11.6 Å². The molecule has 1 unspecified atom stereocenters. The second-order valence-corrected chi connectivity index (χ2v) is 6.48. The van der Waals surface area contributed by atoms with Crippen LogP contribution in [-0.4, -0.2) is 38.5 Å². The molecule has 0 saturated carbocycles. The first-order valence-electron chi connectivity index (χ1n) is 8.03. The van der Waals surface area contributed by atoms with Crippen molar-refractivity contribution in [3.63, 3.8) is 0 Å². The molecule has 3 rings (SSSR count). The Hall–Kier alpha value is -2.65. The van der Waals surface area contributed by atoms with Crippen LogP contribution in [0.5, 0.6) is 0 Å². The van der Waals surface area contributed by atoms with Crippen molar-refractivity contribution in [1.82, 2.24) is 19.7 Å². The van der Waals surface area contributed by atoms with E-state index in [-0.39, 0.29) is 17.4 Å². The number of hydrogen-bond donors (Lipinski definition) is 0. The fourth-order valence-electron chi connectivity index (χ4n) is 3.17. The predicted octanol–water partition coefficient (Wildman–Crippen LogP) is 3.01. The summed E-state index contributed by atoms with van der Waals surface area (Å²) in [7, 11) is 0. The maximum Gasteiger partial charge on any atom is 0.172 e. The van der Waals surface area contributed by atoms with Gasteiger partial charge in [0.2, 0.25) is 0 Å². The molecule has 1 aliphatic heterocycles. The van der Waals surface area contributed by atoms with Crippen molar-refractivity contribution in [3.8, 4) is 6.07 Å². The van der Waals surface area contributed by atoms with Gasteiger partial charge in [0.05, 0.1) is 11.7 Å². The third kappa shape index (κ3) is 3.42. The van der Waals surface area contributed by atoms with Gasteiger partial charge in [-0.2, -0.15) is 10.4 Å². The van der Waals surface area contributed by atoms with Gasteiger partial charge in [-0.15, -0.1) is 0 Å². The molecule has 1 fully saturated rings. The summed E-state index contributed by atoms with van der Waals surface area (Å²) in [5.74, 6) is -0.257. The Morgan fingerprint density at radius 3 is 2.92 bits per heavy atom. The average molecular weight is 356 g/mol. The molecule has 0 N–H and O–H groups in total. The quantitative estimate of drug-likeness (QED) is 0.478. The molecule has 2 aromatic rings. The van der Waals surface area contributed by atoms with Gasteiger partial charge in [0.1, 0.15) is 16.8 Å². The van der Waals surface area contributed by atoms with Gasteiger partial charge in [-0.1, -0.05) is 11.6 Å². The second-order valence-electron chi connectivity index (χ2n) is 6.09. The van der Waals surface area contributed by atoms with Crippen molar-refractivity contribution >= 4 is 23.1 Å². The minimum atomic E-state index is -0.257. The average Bonchev–Trinajstić information content (AvgIpc) is 3.25. The molecule has 1 saturated heterocycles. The van der Waals surface area contributed by atoms with E-state index in [9.17, 15) is 10.1 Å². The molecule has 2 aromatic heterocycles. The highest BCUT2D eigenvalue weighted by atomic mass is 35.5. The lowest BCUT2D eigenvalue weighted by Gasteiger charge is -2.25. The topological polar surface area (TPSA) is 74.8 Å². The number of ketones is 1. The van der Waals surface area contributed by atoms with E-state index in [1.165, 1.54) is 6.92 Å². The summed E-state index contributed by atoms with van der Waals surface area (Å²) in [6, 6.07) is 5.89. The van der Waals surface area contributed by atoms with Crippen molar-refractivity contribution in [3.05, 3.63) is 52.6 Å². The van der Waals surface area contributed by atoms with Crippen LogP contribution < -0.4 is 0 Å². The first-order valence-corrected chi connectivity index (χ1v) is 8.41. The Kier molecular flexibility index (Phi) is 4.86. The van der Waals surface area contributed by atoms with Crippen molar-refractivity contribution < 1.29 is 4.79 Å². The number of carbonyl (C=O) groups excluding carboxylic acids is 1. The van der Waals surface area contributed by atoms with Gasteiger partial charge in [0.25, 0.3) is 0 Å². The van der Waals surface area contributed by atoms with Crippen LogP contribution in [0.15, 0.2) is 36.3 Å². The minimum absolute atomic E-state index is 0.145. The number of aromatic nitrogens is 3. The molecule has 1 atom stereocenters. The van der Waals surface area contributed by atoms with Gasteiger partial charge in [0.15, 0.2) is 5.78 Å². The number of pyridine rings is 1. The molecule has 6 nitrogen and oxygen atoms in total. The van der Waals surface area contributed by atoms with Crippen molar-refractivity contribution in [2.45, 2.75) is 26.3 Å². The number of aryl methyl sites for hydroxylation is 1. The van der Waals surface area contributed by atoms with E-state index in [2.05, 4.69) is 21.1 Å². The van der Waals surface area contributed by atoms with Crippen molar-refractivity contribution in [1.29, 1.82) is 5.26 Å². The summed E-state index contributed by atoms with van der Waals surface area (Å²) in [4.78, 5) is 18.2. The smallest absolute Gasteiger partial charge is 0.172 e. The summed E-state index contributed by atoms with van der Waals surface area (Å²) in [5.41, 5.74) is 2.42. The lowest BCUT2D eigenvalue weighted by molar-refractivity contribution is -0.113. The summed E-state index contributed by atoms with van der Waals surface area (Å²) < 4.78 is 1.92. The van der Waals surface area contributed by atoms with Gasteiger partial charge in [0, 0.05) is 37.2 Å². The third-order valence-corrected chi connectivity index (χ3v) is 4.61. The van der Waals surface area contributed by atoms with Crippen LogP contribution in [0.1, 0.15) is 30.5 Å². The zero-order valence-corrected chi connectivity index (χ0v) is 14.9. The van der Waals surface area contributed by atoms with E-state index in [1.807, 2.05) is 23.9 Å². The lowest BCUT2D eigenvalue weighted by Crippen LogP contribution is -2.23. The Morgan fingerprint density at radius 2 is 2.28 bits per heavy atom. The number of allylic oxidation sites excluding steroid dienone is 1. The standard InChI is InChI=1S/C18H18ClN5O/c1-12-10-21-17(19)8-15(12)18(16(9-20)13(2)25)23-7-4-14(11-23)24-6-3-5-22-24/h3,5-6,8,10,14H,4,7,11H2,1-2H3/b18-16+. The molecule has 0 aliphatic carbocycles. The normalized spacial score (nSPS) is 18.0. The molecule has 0 bridgehead atoms. The number of Topliss-reactive ketones (excluding diaryl/α,β-unsaturated/α-hetero) is 1. The first kappa shape index (κ1) is 17.2. The van der Waals surface area contributed by atoms with E-state index >= 15 is 0 Å². The van der Waals surface area contributed by atoms with E-state index in [0.29, 0.717) is 17.4 Å². The fourth-order valence-corrected chi connectivity index (χ4v) is 3.33. The summed E-state index contributed by atoms with van der Waals surface area (Å²) in [6.45, 7) is 4.72. The molecule has 25 heavy (non-hydrogen) atoms. The summed E-state index contributed by atoms with van der Waals surface area (Å²) in [6.07, 6.45) is 6.23. The highest BCUT2D eigenvalue weighted by molar-refractivity contribution is 6.29. The van der Waals surface area contributed by atoms with Crippen LogP contribution in [0.2, 0.25) is 5.15 Å². The van der Waals surface area contributed by atoms with Crippen molar-refractivity contribution in [2.75, 3.05) is 13.1 Å². The van der Waals surface area contributed by atoms with Gasteiger partial charge in [-0.05, 0) is 38.0 Å². The molecule has 0 aromatic carbocycles. The van der Waals surface area contributed by atoms with Crippen LogP contribution >= 0.6 is 11.6 Å². The second kappa shape index (κ2) is 7.08. The van der Waals surface area contributed by atoms with Crippen LogP contribution in [0, 0.1) is 18.3 Å². The molecule has 3 heterocycles. The van der Waals surface area contributed by atoms with E-state index in [0.717, 1.165) is 24.1 Å². The zero-order chi connectivity index (χ0) is 18.0. The third-order valence-electron chi connectivity index (χ3n) is 4.40. The van der Waals surface area contributed by atoms with Crippen LogP contribution in [0.4, 0.5) is 0 Å². The molecule has 0 spiro atoms. The minimum Gasteiger partial charge on any atom is -0.368 e. The molecule has 7 heteroatoms. The van der Waals surface area contributed by atoms with Crippen LogP contribution in [0.25, 0.3) is 5.70 Å². The van der Waals surface area contributed by atoms with Gasteiger partial charge in [-0.3, -0.25) is 9.48 Å². The number of likely N-dealkylation sites (tertiary alicyclic amines) is 1. The number of nitriles is 1. The fraction of sp³-hybridized carbons (Fsp3) is 0.333. The van der Waals surface area contributed by atoms with Crippen LogP contribution in [-0.2, 0) is 4.79 Å². The zero-order valence-electron chi connectivity index (χ0n) is 14.1. The summed E-state index contributed by atoms with van der Waals surface area (Å²) >= 11 is 6.07. The van der Waals surface area contributed by atoms with Gasteiger partial charge in [-0.25, -0.2) is 4.98 Å². The Morgan fingerprint density at radius 1 is 1.48 bits per heavy atom. The van der Waals surface area contributed by atoms with E-state index < -0.39 is 0 Å². The Balaban J connectivity index is 2.06. The van der Waals surface area contributed by atoms with Gasteiger partial charge < -0.3 is 4.90 Å². The largest absolute Gasteiger partial charge is 0.368 e. The highest BCUT2D eigenvalue weighted by Crippen LogP contribution is 2.33. The Labute approximate surface area is 151 Å². The predicted molar refractivity (Wildman–Crippen MR) is 94.7 cm³/mol. The molecule has 0 radical (unpaired) electrons. The summed E-state index contributed by atoms with van der Waals surface area (Å²) in [5, 5.41) is 14.2. The van der Waals surface area contributed by atoms with Crippen molar-refractivity contribution in [2.24, 2.45) is 0 Å². The molecule has 128 valence electrons. The molecular formula is C18H18ClN5O. The Bertz CT molecular complexity index is 866. The maximum absolute atomic E-state index is 12.1. The molecule has 1 aliphatic rings. The maximum atomic E-state index is 12.1. The monoisotopic (exact) mass is 355 g/mol. The lowest BCUT2D eigenvalue weighted by atomic mass is 10.0. The number of rotatable bonds is 4. The molecule has 0 amide bonds. The number of hydrogen-bond acceptors (Lipinski definition) is 5. The van der Waals surface area contributed by atoms with Crippen LogP contribution in [0.3, 0.4) is 0 Å².